The fourth-order valence-electron chi connectivity index (χ4n) is 1.16. The SMILES string of the molecule is [C-]1=CC=CC1.[C-]1=CC=CC1.[CH2-]c1ccccc1.[Zr+3]. The van der Waals surface area contributed by atoms with Crippen LogP contribution >= 0.6 is 0 Å². The smallest absolute Gasteiger partial charge is 0.273 e. The van der Waals surface area contributed by atoms with Crippen LogP contribution < -0.4 is 0 Å². The molecule has 0 spiro atoms. The minimum atomic E-state index is 0. The molecule has 1 radical (unpaired) electrons. The molecule has 0 unspecified atom stereocenters. The molecule has 0 saturated heterocycles. The molecule has 0 aliphatic heterocycles. The molecule has 2 aliphatic carbocycles. The molecular weight excluding hydrogens is 295 g/mol. The van der Waals surface area contributed by atoms with E-state index in [0.29, 0.717) is 0 Å². The fourth-order valence-corrected chi connectivity index (χ4v) is 1.16. The summed E-state index contributed by atoms with van der Waals surface area (Å²) in [5.41, 5.74) is 1.07. The standard InChI is InChI=1S/C7H7.2C5H5.Zr/c1-7-5-3-2-4-6-7;2*1-2-4-5-3-1;/h2-6H,1H2;2*1-3H,4H2;/q3*-1;+3. The molecule has 89 valence electrons. The Morgan fingerprint density at radius 1 is 0.833 bits per heavy atom. The van der Waals surface area contributed by atoms with E-state index in [4.69, 9.17) is 0 Å². The third-order valence-electron chi connectivity index (χ3n) is 2.01. The normalized spacial score (nSPS) is 13.1. The Hall–Kier alpha value is -1.07. The zero-order valence-electron chi connectivity index (χ0n) is 10.5. The molecule has 0 aromatic heterocycles. The monoisotopic (exact) mass is 311 g/mol. The summed E-state index contributed by atoms with van der Waals surface area (Å²) in [5, 5.41) is 0. The van der Waals surface area contributed by atoms with E-state index in [2.05, 4.69) is 31.2 Å². The van der Waals surface area contributed by atoms with E-state index in [1.807, 2.05) is 54.6 Å². The van der Waals surface area contributed by atoms with Crippen molar-refractivity contribution in [1.29, 1.82) is 0 Å². The maximum absolute atomic E-state index is 3.72. The predicted octanol–water partition coefficient (Wildman–Crippen LogP) is 4.48. The molecule has 1 heteroatoms. The van der Waals surface area contributed by atoms with Crippen LogP contribution in [0, 0.1) is 19.1 Å². The Bertz CT molecular complexity index is 355. The first-order valence-electron chi connectivity index (χ1n) is 5.70. The van der Waals surface area contributed by atoms with Crippen LogP contribution in [0.3, 0.4) is 0 Å². The van der Waals surface area contributed by atoms with Gasteiger partial charge in [0.1, 0.15) is 0 Å². The first-order valence-corrected chi connectivity index (χ1v) is 5.70. The first kappa shape index (κ1) is 16.9. The maximum atomic E-state index is 3.72. The van der Waals surface area contributed by atoms with Crippen molar-refractivity contribution in [2.45, 2.75) is 12.8 Å². The van der Waals surface area contributed by atoms with Crippen LogP contribution in [0.15, 0.2) is 66.8 Å². The second-order valence-electron chi connectivity index (χ2n) is 3.49. The average molecular weight is 313 g/mol. The van der Waals surface area contributed by atoms with Crippen molar-refractivity contribution >= 4 is 0 Å². The third-order valence-corrected chi connectivity index (χ3v) is 2.01. The average Bonchev–Trinajstić information content (AvgIpc) is 3.09. The second-order valence-corrected chi connectivity index (χ2v) is 3.49. The largest absolute Gasteiger partial charge is 3.00 e. The van der Waals surface area contributed by atoms with Gasteiger partial charge in [-0.05, 0) is 0 Å². The van der Waals surface area contributed by atoms with Crippen molar-refractivity contribution in [3.63, 3.8) is 0 Å². The molecule has 1 aromatic carbocycles. The van der Waals surface area contributed by atoms with Gasteiger partial charge in [-0.25, -0.2) is 24.3 Å². The Morgan fingerprint density at radius 2 is 1.33 bits per heavy atom. The van der Waals surface area contributed by atoms with Crippen molar-refractivity contribution in [1.82, 2.24) is 0 Å². The van der Waals surface area contributed by atoms with Gasteiger partial charge in [0.25, 0.3) is 0 Å². The molecule has 1 aromatic rings. The molecule has 0 heterocycles. The van der Waals surface area contributed by atoms with E-state index in [0.717, 1.165) is 18.4 Å². The van der Waals surface area contributed by atoms with Crippen LogP contribution in [0.5, 0.6) is 0 Å². The van der Waals surface area contributed by atoms with Gasteiger partial charge in [-0.3, -0.25) is 12.2 Å². The van der Waals surface area contributed by atoms with Gasteiger partial charge in [0.05, 0.1) is 0 Å². The van der Waals surface area contributed by atoms with Crippen molar-refractivity contribution in [3.05, 3.63) is 91.4 Å². The van der Waals surface area contributed by atoms with E-state index >= 15 is 0 Å². The number of benzene rings is 1. The van der Waals surface area contributed by atoms with Crippen molar-refractivity contribution < 1.29 is 26.2 Å². The number of allylic oxidation sites excluding steroid dienone is 8. The molecule has 0 nitrogen and oxygen atoms in total. The zero-order chi connectivity index (χ0) is 12.2. The molecule has 0 bridgehead atoms. The molecular formula is C17H17Zr. The van der Waals surface area contributed by atoms with Crippen molar-refractivity contribution in [2.24, 2.45) is 0 Å². The van der Waals surface area contributed by atoms with E-state index in [1.165, 1.54) is 0 Å². The summed E-state index contributed by atoms with van der Waals surface area (Å²) in [7, 11) is 0. The summed E-state index contributed by atoms with van der Waals surface area (Å²) in [6, 6.07) is 9.87. The molecule has 0 saturated carbocycles. The third kappa shape index (κ3) is 10.1. The molecule has 0 fully saturated rings. The van der Waals surface area contributed by atoms with Gasteiger partial charge in [-0.2, -0.15) is 36.8 Å². The van der Waals surface area contributed by atoms with Gasteiger partial charge in [0.2, 0.25) is 0 Å². The van der Waals surface area contributed by atoms with Crippen LogP contribution in [0.25, 0.3) is 0 Å². The maximum Gasteiger partial charge on any atom is 3.00 e. The summed E-state index contributed by atoms with van der Waals surface area (Å²) < 4.78 is 0. The Balaban J connectivity index is 0.000000239. The van der Waals surface area contributed by atoms with Crippen molar-refractivity contribution in [3.8, 4) is 0 Å². The van der Waals surface area contributed by atoms with Gasteiger partial charge >= 0.3 is 26.2 Å². The summed E-state index contributed by atoms with van der Waals surface area (Å²) in [4.78, 5) is 0. The number of rotatable bonds is 0. The molecule has 2 aliphatic rings. The van der Waals surface area contributed by atoms with Crippen LogP contribution in [0.1, 0.15) is 18.4 Å². The van der Waals surface area contributed by atoms with Gasteiger partial charge in [-0.1, -0.05) is 6.07 Å². The minimum absolute atomic E-state index is 0. The minimum Gasteiger partial charge on any atom is -0.273 e. The Labute approximate surface area is 130 Å². The van der Waals surface area contributed by atoms with Crippen LogP contribution in [-0.2, 0) is 26.2 Å². The van der Waals surface area contributed by atoms with E-state index in [-0.39, 0.29) is 26.2 Å². The van der Waals surface area contributed by atoms with Gasteiger partial charge in [-0.15, -0.1) is 25.0 Å². The van der Waals surface area contributed by atoms with E-state index in [9.17, 15) is 0 Å². The molecule has 0 atom stereocenters. The van der Waals surface area contributed by atoms with E-state index < -0.39 is 0 Å². The van der Waals surface area contributed by atoms with Gasteiger partial charge in [0, 0.05) is 0 Å². The molecule has 18 heavy (non-hydrogen) atoms. The number of hydrogen-bond donors (Lipinski definition) is 0. The number of hydrogen-bond acceptors (Lipinski definition) is 0. The Morgan fingerprint density at radius 3 is 1.50 bits per heavy atom. The first-order chi connectivity index (χ1) is 8.39. The molecule has 0 N–H and O–H groups in total. The summed E-state index contributed by atoms with van der Waals surface area (Å²) in [5.74, 6) is 0. The van der Waals surface area contributed by atoms with Gasteiger partial charge < -0.3 is 0 Å². The quantitative estimate of drug-likeness (QED) is 0.620. The summed E-state index contributed by atoms with van der Waals surface area (Å²) in [6.45, 7) is 3.72. The topological polar surface area (TPSA) is 0 Å². The summed E-state index contributed by atoms with van der Waals surface area (Å²) in [6.07, 6.45) is 20.0. The fraction of sp³-hybridized carbons (Fsp3) is 0.118. The Kier molecular flexibility index (Phi) is 11.7. The van der Waals surface area contributed by atoms with Crippen molar-refractivity contribution in [2.75, 3.05) is 0 Å². The summed E-state index contributed by atoms with van der Waals surface area (Å²) >= 11 is 0. The van der Waals surface area contributed by atoms with Crippen LogP contribution in [0.2, 0.25) is 0 Å². The second kappa shape index (κ2) is 12.4. The van der Waals surface area contributed by atoms with Gasteiger partial charge in [0.15, 0.2) is 0 Å². The van der Waals surface area contributed by atoms with Crippen LogP contribution in [0.4, 0.5) is 0 Å². The molecule has 0 amide bonds. The van der Waals surface area contributed by atoms with E-state index in [1.54, 1.807) is 0 Å². The molecule has 3 rings (SSSR count). The van der Waals surface area contributed by atoms with Crippen LogP contribution in [-0.4, -0.2) is 0 Å². The zero-order valence-corrected chi connectivity index (χ0v) is 12.9. The predicted molar refractivity (Wildman–Crippen MR) is 74.0 cm³/mol.